The van der Waals surface area contributed by atoms with Crippen LogP contribution in [0, 0.1) is 0 Å². The largest absolute Gasteiger partial charge is 0.497 e. The van der Waals surface area contributed by atoms with Gasteiger partial charge < -0.3 is 9.47 Å². The van der Waals surface area contributed by atoms with Crippen molar-refractivity contribution >= 4 is 23.9 Å². The number of carbonyl (C=O) groups is 1. The molecule has 44 heavy (non-hydrogen) atoms. The van der Waals surface area contributed by atoms with Gasteiger partial charge in [-0.1, -0.05) is 99.3 Å². The molecule has 0 atom stereocenters. The van der Waals surface area contributed by atoms with Gasteiger partial charge in [0.15, 0.2) is 11.0 Å². The van der Waals surface area contributed by atoms with E-state index in [1.54, 1.807) is 13.3 Å². The summed E-state index contributed by atoms with van der Waals surface area (Å²) in [7, 11) is 1.63. The molecule has 0 bridgehead atoms. The van der Waals surface area contributed by atoms with Crippen LogP contribution in [0.25, 0.3) is 17.1 Å². The van der Waals surface area contributed by atoms with Crippen LogP contribution in [0.3, 0.4) is 0 Å². The third-order valence-corrected chi connectivity index (χ3v) is 7.74. The number of aromatic nitrogens is 3. The van der Waals surface area contributed by atoms with Gasteiger partial charge in [0, 0.05) is 11.3 Å². The highest BCUT2D eigenvalue weighted by Crippen LogP contribution is 2.31. The molecule has 224 valence electrons. The highest BCUT2D eigenvalue weighted by atomic mass is 32.2. The molecule has 4 aromatic carbocycles. The van der Waals surface area contributed by atoms with Crippen LogP contribution < -0.4 is 14.9 Å². The van der Waals surface area contributed by atoms with E-state index in [2.05, 4.69) is 65.8 Å². The normalized spacial score (nSPS) is 11.5. The van der Waals surface area contributed by atoms with Crippen molar-refractivity contribution in [2.45, 2.75) is 37.9 Å². The average molecular weight is 606 g/mol. The SMILES string of the molecule is COc1ccc(-n2c(SCC(=O)N/N=C\c3cccc(OCc4ccccc4)c3)nnc2-c2ccc(C(C)(C)C)cc2)cc1. The Hall–Kier alpha value is -4.89. The zero-order chi connectivity index (χ0) is 30.9. The van der Waals surface area contributed by atoms with Gasteiger partial charge in [0.1, 0.15) is 18.1 Å². The van der Waals surface area contributed by atoms with E-state index in [4.69, 9.17) is 9.47 Å². The topological polar surface area (TPSA) is 90.6 Å². The maximum absolute atomic E-state index is 12.7. The van der Waals surface area contributed by atoms with E-state index in [1.807, 2.05) is 83.4 Å². The van der Waals surface area contributed by atoms with Gasteiger partial charge in [-0.3, -0.25) is 9.36 Å². The quantitative estimate of drug-likeness (QED) is 0.0985. The van der Waals surface area contributed by atoms with Crippen LogP contribution in [-0.2, 0) is 16.8 Å². The molecular formula is C35H35N5O3S. The molecule has 5 rings (SSSR count). The van der Waals surface area contributed by atoms with Crippen LogP contribution in [0.4, 0.5) is 0 Å². The zero-order valence-electron chi connectivity index (χ0n) is 25.2. The Morgan fingerprint density at radius 2 is 1.66 bits per heavy atom. The number of nitrogens with zero attached hydrogens (tertiary/aromatic N) is 4. The van der Waals surface area contributed by atoms with Crippen molar-refractivity contribution in [3.05, 3.63) is 120 Å². The van der Waals surface area contributed by atoms with E-state index in [1.165, 1.54) is 17.3 Å². The van der Waals surface area contributed by atoms with Crippen LogP contribution >= 0.6 is 11.8 Å². The van der Waals surface area contributed by atoms with E-state index in [9.17, 15) is 4.79 Å². The number of benzene rings is 4. The Bertz CT molecular complexity index is 1710. The molecule has 1 N–H and O–H groups in total. The fourth-order valence-corrected chi connectivity index (χ4v) is 5.14. The van der Waals surface area contributed by atoms with Crippen LogP contribution in [0.5, 0.6) is 11.5 Å². The number of thioether (sulfide) groups is 1. The number of hydrazone groups is 1. The molecule has 0 saturated heterocycles. The standard InChI is InChI=1S/C35H35N5O3S/c1-35(2,3)28-15-13-27(14-16-28)33-38-39-34(40(33)29-17-19-30(42-4)20-18-29)44-24-32(41)37-36-22-26-11-8-12-31(21-26)43-23-25-9-6-5-7-10-25/h5-22H,23-24H2,1-4H3,(H,37,41)/b36-22-. The van der Waals surface area contributed by atoms with Crippen LogP contribution in [-0.4, -0.2) is 39.7 Å². The van der Waals surface area contributed by atoms with Gasteiger partial charge in [-0.2, -0.15) is 5.10 Å². The minimum atomic E-state index is -0.261. The Labute approximate surface area is 262 Å². The number of hydrogen-bond acceptors (Lipinski definition) is 7. The first-order valence-corrected chi connectivity index (χ1v) is 15.2. The van der Waals surface area contributed by atoms with Crippen molar-refractivity contribution in [1.82, 2.24) is 20.2 Å². The van der Waals surface area contributed by atoms with Crippen molar-refractivity contribution in [1.29, 1.82) is 0 Å². The fourth-order valence-electron chi connectivity index (χ4n) is 4.40. The zero-order valence-corrected chi connectivity index (χ0v) is 26.0. The molecule has 1 heterocycles. The molecule has 0 aliphatic heterocycles. The molecule has 0 radical (unpaired) electrons. The molecule has 0 fully saturated rings. The number of amides is 1. The number of rotatable bonds is 11. The van der Waals surface area contributed by atoms with Gasteiger partial charge in [-0.15, -0.1) is 10.2 Å². The van der Waals surface area contributed by atoms with Gasteiger partial charge in [0.25, 0.3) is 5.91 Å². The molecule has 0 saturated carbocycles. The first kappa shape index (κ1) is 30.6. The third-order valence-electron chi connectivity index (χ3n) is 6.81. The van der Waals surface area contributed by atoms with Crippen LogP contribution in [0.1, 0.15) is 37.5 Å². The molecule has 9 heteroatoms. The lowest BCUT2D eigenvalue weighted by Crippen LogP contribution is -2.20. The van der Waals surface area contributed by atoms with E-state index < -0.39 is 0 Å². The lowest BCUT2D eigenvalue weighted by molar-refractivity contribution is -0.118. The van der Waals surface area contributed by atoms with Crippen molar-refractivity contribution < 1.29 is 14.3 Å². The maximum atomic E-state index is 12.7. The Morgan fingerprint density at radius 3 is 2.36 bits per heavy atom. The highest BCUT2D eigenvalue weighted by Gasteiger charge is 2.19. The maximum Gasteiger partial charge on any atom is 0.250 e. The summed E-state index contributed by atoms with van der Waals surface area (Å²) in [5.41, 5.74) is 7.57. The van der Waals surface area contributed by atoms with Gasteiger partial charge in [0.2, 0.25) is 0 Å². The molecule has 5 aromatic rings. The van der Waals surface area contributed by atoms with Gasteiger partial charge in [0.05, 0.1) is 19.1 Å². The van der Waals surface area contributed by atoms with Crippen molar-refractivity contribution in [2.75, 3.05) is 12.9 Å². The minimum Gasteiger partial charge on any atom is -0.497 e. The molecular weight excluding hydrogens is 570 g/mol. The smallest absolute Gasteiger partial charge is 0.250 e. The Morgan fingerprint density at radius 1 is 0.909 bits per heavy atom. The molecule has 0 aliphatic rings. The van der Waals surface area contributed by atoms with Crippen molar-refractivity contribution in [3.63, 3.8) is 0 Å². The molecule has 0 unspecified atom stereocenters. The lowest BCUT2D eigenvalue weighted by atomic mass is 9.87. The Kier molecular flexibility index (Phi) is 9.76. The average Bonchev–Trinajstić information content (AvgIpc) is 3.47. The van der Waals surface area contributed by atoms with Crippen molar-refractivity contribution in [2.24, 2.45) is 5.10 Å². The van der Waals surface area contributed by atoms with Crippen LogP contribution in [0.2, 0.25) is 0 Å². The first-order valence-electron chi connectivity index (χ1n) is 14.2. The number of nitrogens with one attached hydrogen (secondary N) is 1. The predicted octanol–water partition coefficient (Wildman–Crippen LogP) is 7.06. The van der Waals surface area contributed by atoms with E-state index in [-0.39, 0.29) is 17.1 Å². The Balaban J connectivity index is 1.25. The second-order valence-electron chi connectivity index (χ2n) is 11.1. The van der Waals surface area contributed by atoms with E-state index in [0.29, 0.717) is 17.6 Å². The van der Waals surface area contributed by atoms with Crippen molar-refractivity contribution in [3.8, 4) is 28.6 Å². The summed E-state index contributed by atoms with van der Waals surface area (Å²) in [4.78, 5) is 12.7. The second kappa shape index (κ2) is 14.1. The van der Waals surface area contributed by atoms with Gasteiger partial charge in [-0.05, 0) is 58.5 Å². The summed E-state index contributed by atoms with van der Waals surface area (Å²) < 4.78 is 13.2. The minimum absolute atomic E-state index is 0.0397. The number of ether oxygens (including phenoxy) is 2. The van der Waals surface area contributed by atoms with Gasteiger partial charge >= 0.3 is 0 Å². The van der Waals surface area contributed by atoms with E-state index in [0.717, 1.165) is 33.9 Å². The summed E-state index contributed by atoms with van der Waals surface area (Å²) in [5, 5.41) is 13.7. The summed E-state index contributed by atoms with van der Waals surface area (Å²) >= 11 is 1.29. The first-order chi connectivity index (χ1) is 21.3. The number of hydrogen-bond donors (Lipinski definition) is 1. The summed E-state index contributed by atoms with van der Waals surface area (Å²) in [6.45, 7) is 7.03. The number of carbonyl (C=O) groups excluding carboxylic acids is 1. The number of methoxy groups -OCH3 is 1. The summed E-state index contributed by atoms with van der Waals surface area (Å²) in [6, 6.07) is 33.5. The molecule has 0 aliphatic carbocycles. The predicted molar refractivity (Wildman–Crippen MR) is 176 cm³/mol. The van der Waals surface area contributed by atoms with Gasteiger partial charge in [-0.25, -0.2) is 5.43 Å². The second-order valence-corrected chi connectivity index (χ2v) is 12.0. The van der Waals surface area contributed by atoms with Crippen LogP contribution in [0.15, 0.2) is 113 Å². The lowest BCUT2D eigenvalue weighted by Gasteiger charge is -2.19. The highest BCUT2D eigenvalue weighted by molar-refractivity contribution is 7.99. The molecule has 1 aromatic heterocycles. The molecule has 0 spiro atoms. The summed E-state index contributed by atoms with van der Waals surface area (Å²) in [5.74, 6) is 2.00. The summed E-state index contributed by atoms with van der Waals surface area (Å²) in [6.07, 6.45) is 1.59. The molecule has 1 amide bonds. The third kappa shape index (κ3) is 7.93. The molecule has 8 nitrogen and oxygen atoms in total. The monoisotopic (exact) mass is 605 g/mol. The van der Waals surface area contributed by atoms with E-state index >= 15 is 0 Å². The fraction of sp³-hybridized carbons (Fsp3) is 0.200.